The minimum Gasteiger partial charge on any atom is -0.338 e. The van der Waals surface area contributed by atoms with E-state index in [-0.39, 0.29) is 5.82 Å². The Morgan fingerprint density at radius 1 is 1.08 bits per heavy atom. The van der Waals surface area contributed by atoms with E-state index in [0.29, 0.717) is 28.2 Å². The molecule has 0 N–H and O–H groups in total. The molecule has 0 fully saturated rings. The largest absolute Gasteiger partial charge is 0.338 e. The number of rotatable bonds is 5. The number of nitrogens with zero attached hydrogens (tertiary/aromatic N) is 6. The molecule has 130 valence electrons. The summed E-state index contributed by atoms with van der Waals surface area (Å²) >= 11 is 1.39. The van der Waals surface area contributed by atoms with Crippen molar-refractivity contribution < 1.29 is 8.91 Å². The van der Waals surface area contributed by atoms with Crippen LogP contribution in [0.1, 0.15) is 11.5 Å². The first kappa shape index (κ1) is 16.4. The lowest BCUT2D eigenvalue weighted by Gasteiger charge is -2.03. The average Bonchev–Trinajstić information content (AvgIpc) is 3.30. The van der Waals surface area contributed by atoms with E-state index in [2.05, 4.69) is 25.7 Å². The smallest absolute Gasteiger partial charge is 0.237 e. The molecule has 0 aliphatic rings. The Hall–Kier alpha value is -3.07. The zero-order chi connectivity index (χ0) is 17.9. The van der Waals surface area contributed by atoms with Crippen LogP contribution in [0.2, 0.25) is 0 Å². The molecule has 0 aliphatic carbocycles. The molecule has 2 aromatic heterocycles. The van der Waals surface area contributed by atoms with Gasteiger partial charge in [-0.25, -0.2) is 4.39 Å². The van der Waals surface area contributed by atoms with E-state index < -0.39 is 0 Å². The van der Waals surface area contributed by atoms with Crippen molar-refractivity contribution in [2.75, 3.05) is 0 Å². The lowest BCUT2D eigenvalue weighted by Crippen LogP contribution is -1.99. The van der Waals surface area contributed by atoms with Crippen molar-refractivity contribution in [1.82, 2.24) is 30.3 Å². The van der Waals surface area contributed by atoms with Crippen LogP contribution in [0, 0.1) is 12.7 Å². The van der Waals surface area contributed by atoms with Gasteiger partial charge in [-0.05, 0) is 53.7 Å². The molecule has 0 radical (unpaired) electrons. The maximum absolute atomic E-state index is 13.0. The predicted molar refractivity (Wildman–Crippen MR) is 93.1 cm³/mol. The fourth-order valence-corrected chi connectivity index (χ4v) is 3.00. The number of hydrogen-bond donors (Lipinski definition) is 0. The first-order valence-corrected chi connectivity index (χ1v) is 8.74. The van der Waals surface area contributed by atoms with E-state index in [1.54, 1.807) is 16.8 Å². The number of halogens is 1. The number of tetrazole rings is 1. The Morgan fingerprint density at radius 3 is 2.62 bits per heavy atom. The van der Waals surface area contributed by atoms with E-state index in [9.17, 15) is 4.39 Å². The molecule has 0 saturated carbocycles. The van der Waals surface area contributed by atoms with Crippen molar-refractivity contribution in [2.24, 2.45) is 0 Å². The van der Waals surface area contributed by atoms with Gasteiger partial charge in [0.25, 0.3) is 0 Å². The quantitative estimate of drug-likeness (QED) is 0.499. The van der Waals surface area contributed by atoms with E-state index in [1.165, 1.54) is 23.9 Å². The SMILES string of the molecule is Cc1ccc(-n2nnnc2SCc2nc(-c3ccc(F)cc3)no2)cc1. The standard InChI is InChI=1S/C17H13FN6OS/c1-11-2-8-14(9-3-11)24-17(20-22-23-24)26-10-15-19-16(21-25-15)12-4-6-13(18)7-5-12/h2-9H,10H2,1H3. The molecule has 2 aromatic carbocycles. The third kappa shape index (κ3) is 3.47. The highest BCUT2D eigenvalue weighted by molar-refractivity contribution is 7.98. The maximum Gasteiger partial charge on any atom is 0.237 e. The van der Waals surface area contributed by atoms with Crippen LogP contribution in [0.3, 0.4) is 0 Å². The van der Waals surface area contributed by atoms with Gasteiger partial charge in [-0.3, -0.25) is 0 Å². The van der Waals surface area contributed by atoms with Crippen LogP contribution in [0.4, 0.5) is 4.39 Å². The second-order valence-corrected chi connectivity index (χ2v) is 6.46. The molecule has 0 bridgehead atoms. The van der Waals surface area contributed by atoms with Gasteiger partial charge < -0.3 is 4.52 Å². The summed E-state index contributed by atoms with van der Waals surface area (Å²) in [6.45, 7) is 2.02. The van der Waals surface area contributed by atoms with Gasteiger partial charge in [0.05, 0.1) is 11.4 Å². The summed E-state index contributed by atoms with van der Waals surface area (Å²) in [5.74, 6) is 0.961. The molecular weight excluding hydrogens is 355 g/mol. The maximum atomic E-state index is 13.0. The van der Waals surface area contributed by atoms with Gasteiger partial charge in [-0.1, -0.05) is 34.6 Å². The van der Waals surface area contributed by atoms with Crippen molar-refractivity contribution in [1.29, 1.82) is 0 Å². The van der Waals surface area contributed by atoms with Crippen LogP contribution in [-0.2, 0) is 5.75 Å². The third-order valence-corrected chi connectivity index (χ3v) is 4.52. The van der Waals surface area contributed by atoms with Crippen LogP contribution < -0.4 is 0 Å². The Bertz CT molecular complexity index is 1010. The first-order chi connectivity index (χ1) is 12.7. The molecule has 26 heavy (non-hydrogen) atoms. The molecule has 0 spiro atoms. The van der Waals surface area contributed by atoms with Crippen LogP contribution in [0.5, 0.6) is 0 Å². The molecule has 4 aromatic rings. The third-order valence-electron chi connectivity index (χ3n) is 3.61. The summed E-state index contributed by atoms with van der Waals surface area (Å²) in [4.78, 5) is 4.32. The Morgan fingerprint density at radius 2 is 1.85 bits per heavy atom. The van der Waals surface area contributed by atoms with Crippen LogP contribution in [0.25, 0.3) is 17.1 Å². The zero-order valence-corrected chi connectivity index (χ0v) is 14.5. The average molecular weight is 368 g/mol. The summed E-state index contributed by atoms with van der Waals surface area (Å²) in [5.41, 5.74) is 2.73. The summed E-state index contributed by atoms with van der Waals surface area (Å²) in [7, 11) is 0. The van der Waals surface area contributed by atoms with Gasteiger partial charge in [0, 0.05) is 5.56 Å². The molecule has 4 rings (SSSR count). The number of benzene rings is 2. The number of aryl methyl sites for hydroxylation is 1. The molecule has 0 atom stereocenters. The van der Waals surface area contributed by atoms with Crippen LogP contribution in [-0.4, -0.2) is 30.3 Å². The Balaban J connectivity index is 1.48. The highest BCUT2D eigenvalue weighted by atomic mass is 32.2. The second-order valence-electron chi connectivity index (χ2n) is 5.52. The van der Waals surface area contributed by atoms with Crippen molar-refractivity contribution in [3.05, 3.63) is 65.8 Å². The molecule has 9 heteroatoms. The van der Waals surface area contributed by atoms with Crippen LogP contribution >= 0.6 is 11.8 Å². The van der Waals surface area contributed by atoms with Gasteiger partial charge in [0.15, 0.2) is 0 Å². The Labute approximate surface area is 152 Å². The second kappa shape index (κ2) is 7.04. The highest BCUT2D eigenvalue weighted by Crippen LogP contribution is 2.23. The minimum atomic E-state index is -0.309. The molecule has 0 saturated heterocycles. The van der Waals surface area contributed by atoms with Crippen molar-refractivity contribution in [3.63, 3.8) is 0 Å². The molecule has 0 aliphatic heterocycles. The molecule has 0 amide bonds. The minimum absolute atomic E-state index is 0.309. The van der Waals surface area contributed by atoms with Crippen molar-refractivity contribution in [2.45, 2.75) is 17.8 Å². The highest BCUT2D eigenvalue weighted by Gasteiger charge is 2.13. The summed E-state index contributed by atoms with van der Waals surface area (Å²) in [5, 5.41) is 16.3. The van der Waals surface area contributed by atoms with Crippen LogP contribution in [0.15, 0.2) is 58.2 Å². The number of aromatic nitrogens is 6. The van der Waals surface area contributed by atoms with Gasteiger partial charge in [0.1, 0.15) is 5.82 Å². The topological polar surface area (TPSA) is 82.5 Å². The van der Waals surface area contributed by atoms with Gasteiger partial charge in [-0.2, -0.15) is 9.67 Å². The normalized spacial score (nSPS) is 11.0. The zero-order valence-electron chi connectivity index (χ0n) is 13.7. The monoisotopic (exact) mass is 368 g/mol. The first-order valence-electron chi connectivity index (χ1n) is 7.76. The van der Waals surface area contributed by atoms with E-state index in [0.717, 1.165) is 11.3 Å². The molecule has 7 nitrogen and oxygen atoms in total. The number of hydrogen-bond acceptors (Lipinski definition) is 7. The Kier molecular flexibility index (Phi) is 4.44. The van der Waals surface area contributed by atoms with E-state index in [1.807, 2.05) is 31.2 Å². The summed E-state index contributed by atoms with van der Waals surface area (Å²) in [6.07, 6.45) is 0. The molecular formula is C17H13FN6OS. The fourth-order valence-electron chi connectivity index (χ4n) is 2.27. The molecule has 2 heterocycles. The van der Waals surface area contributed by atoms with Gasteiger partial charge in [-0.15, -0.1) is 5.10 Å². The van der Waals surface area contributed by atoms with Gasteiger partial charge >= 0.3 is 0 Å². The predicted octanol–water partition coefficient (Wildman–Crippen LogP) is 3.45. The van der Waals surface area contributed by atoms with E-state index in [4.69, 9.17) is 4.52 Å². The van der Waals surface area contributed by atoms with E-state index >= 15 is 0 Å². The van der Waals surface area contributed by atoms with Crippen molar-refractivity contribution >= 4 is 11.8 Å². The summed E-state index contributed by atoms with van der Waals surface area (Å²) in [6, 6.07) is 13.8. The molecule has 0 unspecified atom stereocenters. The fraction of sp³-hybridized carbons (Fsp3) is 0.118. The lowest BCUT2D eigenvalue weighted by molar-refractivity contribution is 0.391. The summed E-state index contributed by atoms with van der Waals surface area (Å²) < 4.78 is 19.9. The lowest BCUT2D eigenvalue weighted by atomic mass is 10.2. The van der Waals surface area contributed by atoms with Gasteiger partial charge in [0.2, 0.25) is 16.9 Å². The van der Waals surface area contributed by atoms with Crippen molar-refractivity contribution in [3.8, 4) is 17.1 Å². The number of thioether (sulfide) groups is 1.